The fraction of sp³-hybridized carbons (Fsp3) is 1.00. The molecule has 3 unspecified atom stereocenters. The minimum atomic E-state index is 0.914. The van der Waals surface area contributed by atoms with Gasteiger partial charge in [-0.1, -0.05) is 13.3 Å². The van der Waals surface area contributed by atoms with Crippen molar-refractivity contribution >= 4 is 0 Å². The van der Waals surface area contributed by atoms with E-state index in [2.05, 4.69) is 16.7 Å². The van der Waals surface area contributed by atoms with Crippen LogP contribution in [0.4, 0.5) is 0 Å². The molecule has 0 spiro atoms. The molecule has 0 radical (unpaired) electrons. The second-order valence-corrected chi connectivity index (χ2v) is 8.23. The minimum Gasteiger partial charge on any atom is -0.300 e. The zero-order valence-corrected chi connectivity index (χ0v) is 13.3. The standard InChI is InChI=1S/C18H32N2/c1-14-4-8-19(9-5-14)17-6-10-20(11-7-17)18-13-15-2-3-16(18)12-15/h14-18H,2-13H2,1H3. The van der Waals surface area contributed by atoms with Gasteiger partial charge in [-0.15, -0.1) is 0 Å². The van der Waals surface area contributed by atoms with E-state index in [0.717, 1.165) is 29.8 Å². The molecule has 0 aromatic heterocycles. The van der Waals surface area contributed by atoms with Gasteiger partial charge in [0.25, 0.3) is 0 Å². The lowest BCUT2D eigenvalue weighted by Gasteiger charge is -2.44. The molecule has 4 aliphatic rings. The molecule has 0 amide bonds. The smallest absolute Gasteiger partial charge is 0.0126 e. The van der Waals surface area contributed by atoms with Crippen molar-refractivity contribution in [3.63, 3.8) is 0 Å². The summed E-state index contributed by atoms with van der Waals surface area (Å²) in [5.74, 6) is 3.15. The molecule has 2 saturated carbocycles. The highest BCUT2D eigenvalue weighted by atomic mass is 15.2. The van der Waals surface area contributed by atoms with Gasteiger partial charge >= 0.3 is 0 Å². The Morgan fingerprint density at radius 1 is 0.700 bits per heavy atom. The SMILES string of the molecule is CC1CCN(C2CCN(C3CC4CCC3C4)CC2)CC1. The van der Waals surface area contributed by atoms with Crippen molar-refractivity contribution < 1.29 is 0 Å². The Morgan fingerprint density at radius 3 is 2.00 bits per heavy atom. The van der Waals surface area contributed by atoms with Crippen molar-refractivity contribution in [2.75, 3.05) is 26.2 Å². The first kappa shape index (κ1) is 13.6. The van der Waals surface area contributed by atoms with Gasteiger partial charge in [0.05, 0.1) is 0 Å². The highest BCUT2D eigenvalue weighted by Crippen LogP contribution is 2.47. The molecule has 0 aromatic rings. The second kappa shape index (κ2) is 5.61. The number of likely N-dealkylation sites (tertiary alicyclic amines) is 2. The van der Waals surface area contributed by atoms with Crippen molar-refractivity contribution in [2.45, 2.75) is 70.4 Å². The Morgan fingerprint density at radius 2 is 1.40 bits per heavy atom. The number of fused-ring (bicyclic) bond motifs is 2. The van der Waals surface area contributed by atoms with Gasteiger partial charge in [-0.2, -0.15) is 0 Å². The summed E-state index contributed by atoms with van der Waals surface area (Å²) < 4.78 is 0. The van der Waals surface area contributed by atoms with Gasteiger partial charge in [0.2, 0.25) is 0 Å². The van der Waals surface area contributed by atoms with Crippen molar-refractivity contribution in [2.24, 2.45) is 17.8 Å². The lowest BCUT2D eigenvalue weighted by atomic mass is 9.90. The predicted molar refractivity (Wildman–Crippen MR) is 83.8 cm³/mol. The lowest BCUT2D eigenvalue weighted by molar-refractivity contribution is 0.0497. The monoisotopic (exact) mass is 276 g/mol. The summed E-state index contributed by atoms with van der Waals surface area (Å²) in [7, 11) is 0. The van der Waals surface area contributed by atoms with Crippen LogP contribution in [0.5, 0.6) is 0 Å². The van der Waals surface area contributed by atoms with Gasteiger partial charge < -0.3 is 4.90 Å². The number of piperidine rings is 2. The van der Waals surface area contributed by atoms with E-state index in [9.17, 15) is 0 Å². The van der Waals surface area contributed by atoms with Gasteiger partial charge in [-0.05, 0) is 88.9 Å². The van der Waals surface area contributed by atoms with Gasteiger partial charge in [-0.25, -0.2) is 0 Å². The highest BCUT2D eigenvalue weighted by Gasteiger charge is 2.43. The van der Waals surface area contributed by atoms with Crippen LogP contribution in [-0.4, -0.2) is 48.1 Å². The number of rotatable bonds is 2. The molecule has 4 rings (SSSR count). The molecule has 2 heteroatoms. The predicted octanol–water partition coefficient (Wildman–Crippen LogP) is 3.37. The quantitative estimate of drug-likeness (QED) is 0.763. The first-order valence-electron chi connectivity index (χ1n) is 9.27. The molecule has 2 saturated heterocycles. The zero-order valence-electron chi connectivity index (χ0n) is 13.3. The Kier molecular flexibility index (Phi) is 3.80. The molecule has 114 valence electrons. The molecule has 20 heavy (non-hydrogen) atoms. The lowest BCUT2D eigenvalue weighted by Crippen LogP contribution is -2.50. The molecule has 3 atom stereocenters. The molecule has 4 fully saturated rings. The van der Waals surface area contributed by atoms with Gasteiger partial charge in [0.1, 0.15) is 0 Å². The highest BCUT2D eigenvalue weighted by molar-refractivity contribution is 4.97. The number of hydrogen-bond acceptors (Lipinski definition) is 2. The third kappa shape index (κ3) is 2.54. The zero-order chi connectivity index (χ0) is 13.5. The molecule has 2 heterocycles. The van der Waals surface area contributed by atoms with Gasteiger partial charge in [-0.3, -0.25) is 4.90 Å². The maximum Gasteiger partial charge on any atom is 0.0126 e. The summed E-state index contributed by atoms with van der Waals surface area (Å²) in [6.45, 7) is 7.96. The van der Waals surface area contributed by atoms with Gasteiger partial charge in [0.15, 0.2) is 0 Å². The Labute approximate surface area is 124 Å². The molecular formula is C18H32N2. The van der Waals surface area contributed by atoms with Crippen LogP contribution in [0.3, 0.4) is 0 Å². The summed E-state index contributed by atoms with van der Waals surface area (Å²) in [5, 5.41) is 0. The molecule has 0 aromatic carbocycles. The molecule has 2 aliphatic carbocycles. The molecule has 2 nitrogen and oxygen atoms in total. The maximum absolute atomic E-state index is 2.88. The largest absolute Gasteiger partial charge is 0.300 e. The second-order valence-electron chi connectivity index (χ2n) is 8.23. The van der Waals surface area contributed by atoms with Crippen molar-refractivity contribution in [3.05, 3.63) is 0 Å². The van der Waals surface area contributed by atoms with E-state index in [4.69, 9.17) is 0 Å². The van der Waals surface area contributed by atoms with Crippen LogP contribution in [-0.2, 0) is 0 Å². The average Bonchev–Trinajstić information content (AvgIpc) is 3.11. The van der Waals surface area contributed by atoms with Crippen LogP contribution in [0.15, 0.2) is 0 Å². The molecule has 2 bridgehead atoms. The molecular weight excluding hydrogens is 244 g/mol. The van der Waals surface area contributed by atoms with Crippen molar-refractivity contribution in [3.8, 4) is 0 Å². The van der Waals surface area contributed by atoms with E-state index < -0.39 is 0 Å². The molecule has 0 N–H and O–H groups in total. The van der Waals surface area contributed by atoms with Crippen LogP contribution in [0.25, 0.3) is 0 Å². The van der Waals surface area contributed by atoms with Crippen LogP contribution in [0, 0.1) is 17.8 Å². The van der Waals surface area contributed by atoms with Gasteiger partial charge in [0, 0.05) is 12.1 Å². The van der Waals surface area contributed by atoms with Crippen molar-refractivity contribution in [1.29, 1.82) is 0 Å². The van der Waals surface area contributed by atoms with E-state index in [1.807, 2.05) is 0 Å². The summed E-state index contributed by atoms with van der Waals surface area (Å²) in [4.78, 5) is 5.70. The van der Waals surface area contributed by atoms with Crippen LogP contribution >= 0.6 is 0 Å². The third-order valence-electron chi connectivity index (χ3n) is 7.00. The van der Waals surface area contributed by atoms with Crippen molar-refractivity contribution in [1.82, 2.24) is 9.80 Å². The normalized spacial score (nSPS) is 41.5. The number of hydrogen-bond donors (Lipinski definition) is 0. The van der Waals surface area contributed by atoms with Crippen LogP contribution < -0.4 is 0 Å². The fourth-order valence-electron chi connectivity index (χ4n) is 5.63. The first-order valence-corrected chi connectivity index (χ1v) is 9.27. The summed E-state index contributed by atoms with van der Waals surface area (Å²) in [6.07, 6.45) is 12.0. The Bertz CT molecular complexity index is 326. The van der Waals surface area contributed by atoms with E-state index in [1.54, 1.807) is 19.3 Å². The maximum atomic E-state index is 2.88. The molecule has 2 aliphatic heterocycles. The summed E-state index contributed by atoms with van der Waals surface area (Å²) in [5.41, 5.74) is 0. The van der Waals surface area contributed by atoms with Crippen LogP contribution in [0.2, 0.25) is 0 Å². The third-order valence-corrected chi connectivity index (χ3v) is 7.00. The average molecular weight is 276 g/mol. The minimum absolute atomic E-state index is 0.914. The Hall–Kier alpha value is -0.0800. The Balaban J connectivity index is 1.28. The first-order chi connectivity index (χ1) is 9.79. The van der Waals surface area contributed by atoms with E-state index in [1.165, 1.54) is 58.3 Å². The van der Waals surface area contributed by atoms with E-state index in [-0.39, 0.29) is 0 Å². The van der Waals surface area contributed by atoms with Crippen LogP contribution in [0.1, 0.15) is 58.3 Å². The summed E-state index contributed by atoms with van der Waals surface area (Å²) >= 11 is 0. The number of nitrogens with zero attached hydrogens (tertiary/aromatic N) is 2. The fourth-order valence-corrected chi connectivity index (χ4v) is 5.63. The van der Waals surface area contributed by atoms with E-state index >= 15 is 0 Å². The topological polar surface area (TPSA) is 6.48 Å². The van der Waals surface area contributed by atoms with E-state index in [0.29, 0.717) is 0 Å². The summed E-state index contributed by atoms with van der Waals surface area (Å²) in [6, 6.07) is 1.90.